The van der Waals surface area contributed by atoms with Crippen molar-refractivity contribution in [1.82, 2.24) is 20.1 Å². The first-order valence-corrected chi connectivity index (χ1v) is 14.4. The summed E-state index contributed by atoms with van der Waals surface area (Å²) in [6.45, 7) is 4.53. The summed E-state index contributed by atoms with van der Waals surface area (Å²) < 4.78 is 47.9. The fourth-order valence-electron chi connectivity index (χ4n) is 4.56. The highest BCUT2D eigenvalue weighted by Crippen LogP contribution is 2.34. The first-order valence-electron chi connectivity index (χ1n) is 13.4. The Morgan fingerprint density at radius 1 is 1.09 bits per heavy atom. The van der Waals surface area contributed by atoms with Crippen LogP contribution in [0.25, 0.3) is 17.1 Å². The second-order valence-corrected chi connectivity index (χ2v) is 10.8. The number of nitrogens with one attached hydrogen (secondary N) is 1. The summed E-state index contributed by atoms with van der Waals surface area (Å²) in [5, 5.41) is 7.97. The van der Waals surface area contributed by atoms with Crippen LogP contribution in [-0.2, 0) is 6.42 Å². The minimum atomic E-state index is -4.75. The van der Waals surface area contributed by atoms with Gasteiger partial charge >= 0.3 is 12.4 Å². The van der Waals surface area contributed by atoms with Gasteiger partial charge in [0.1, 0.15) is 17.8 Å². The molecule has 1 saturated heterocycles. The predicted molar refractivity (Wildman–Crippen MR) is 160 cm³/mol. The molecule has 43 heavy (non-hydrogen) atoms. The number of nitrogens with zero attached hydrogens (tertiary/aromatic N) is 5. The number of amidine groups is 1. The van der Waals surface area contributed by atoms with Gasteiger partial charge in [0.05, 0.1) is 12.8 Å². The highest BCUT2D eigenvalue weighted by Gasteiger charge is 2.31. The molecule has 4 aromatic rings. The maximum absolute atomic E-state index is 12.7. The molecular weight excluding hydrogens is 581 g/mol. The number of alkyl halides is 3. The van der Waals surface area contributed by atoms with Crippen molar-refractivity contribution >= 4 is 28.6 Å². The average Bonchev–Trinajstić information content (AvgIpc) is 3.60. The van der Waals surface area contributed by atoms with E-state index in [0.717, 1.165) is 33.9 Å². The van der Waals surface area contributed by atoms with Gasteiger partial charge in [-0.1, -0.05) is 36.0 Å². The molecule has 0 bridgehead atoms. The lowest BCUT2D eigenvalue weighted by Crippen LogP contribution is -2.33. The van der Waals surface area contributed by atoms with Crippen molar-refractivity contribution in [1.29, 1.82) is 0 Å². The van der Waals surface area contributed by atoms with Crippen molar-refractivity contribution in [2.45, 2.75) is 32.7 Å². The normalized spacial score (nSPS) is 16.0. The lowest BCUT2D eigenvalue weighted by atomic mass is 10.1. The third-order valence-corrected chi connectivity index (χ3v) is 7.89. The van der Waals surface area contributed by atoms with Gasteiger partial charge in [0.2, 0.25) is 0 Å². The lowest BCUT2D eigenvalue weighted by Gasteiger charge is -2.25. The zero-order valence-electron chi connectivity index (χ0n) is 23.6. The van der Waals surface area contributed by atoms with Crippen LogP contribution in [0.15, 0.2) is 78.0 Å². The summed E-state index contributed by atoms with van der Waals surface area (Å²) in [5.74, 6) is 1.77. The highest BCUT2D eigenvalue weighted by atomic mass is 32.2. The number of hydrogen-bond acceptors (Lipinski definition) is 6. The van der Waals surface area contributed by atoms with Crippen LogP contribution in [0.5, 0.6) is 11.5 Å². The molecule has 1 aromatic heterocycles. The van der Waals surface area contributed by atoms with E-state index < -0.39 is 12.4 Å². The number of aryl methyl sites for hydroxylation is 1. The predicted octanol–water partition coefficient (Wildman–Crippen LogP) is 6.40. The summed E-state index contributed by atoms with van der Waals surface area (Å²) in [6, 6.07) is 18.6. The average molecular weight is 611 g/mol. The number of rotatable bonds is 8. The number of amides is 2. The second kappa shape index (κ2) is 12.8. The summed E-state index contributed by atoms with van der Waals surface area (Å²) in [7, 11) is 1.63. The Morgan fingerprint density at radius 3 is 2.49 bits per heavy atom. The molecule has 0 saturated carbocycles. The molecule has 2 amide bonds. The number of carbonyl (C=O) groups excluding carboxylic acids is 1. The molecule has 1 unspecified atom stereocenters. The van der Waals surface area contributed by atoms with Gasteiger partial charge < -0.3 is 19.7 Å². The van der Waals surface area contributed by atoms with E-state index in [-0.39, 0.29) is 11.8 Å². The molecule has 1 fully saturated rings. The first-order chi connectivity index (χ1) is 20.6. The maximum Gasteiger partial charge on any atom is 0.573 e. The highest BCUT2D eigenvalue weighted by molar-refractivity contribution is 8.14. The van der Waals surface area contributed by atoms with Crippen LogP contribution in [0, 0.1) is 6.92 Å². The summed E-state index contributed by atoms with van der Waals surface area (Å²) in [6.07, 6.45) is -2.66. The number of aromatic nitrogens is 3. The van der Waals surface area contributed by atoms with Crippen molar-refractivity contribution in [3.05, 3.63) is 84.2 Å². The van der Waals surface area contributed by atoms with Gasteiger partial charge in [-0.05, 0) is 73.9 Å². The van der Waals surface area contributed by atoms with Gasteiger partial charge in [0.15, 0.2) is 11.0 Å². The van der Waals surface area contributed by atoms with E-state index in [9.17, 15) is 18.0 Å². The minimum Gasteiger partial charge on any atom is -0.497 e. The summed E-state index contributed by atoms with van der Waals surface area (Å²) >= 11 is 1.56. The monoisotopic (exact) mass is 610 g/mol. The number of anilines is 1. The van der Waals surface area contributed by atoms with E-state index in [2.05, 4.69) is 37.0 Å². The van der Waals surface area contributed by atoms with Gasteiger partial charge in [-0.2, -0.15) is 4.99 Å². The van der Waals surface area contributed by atoms with E-state index in [1.165, 1.54) is 35.3 Å². The van der Waals surface area contributed by atoms with E-state index in [1.807, 2.05) is 49.4 Å². The fourth-order valence-corrected chi connectivity index (χ4v) is 5.66. The molecule has 1 aliphatic rings. The number of carbonyl (C=O) groups is 1. The van der Waals surface area contributed by atoms with Crippen molar-refractivity contribution in [2.75, 3.05) is 24.3 Å². The van der Waals surface area contributed by atoms with Gasteiger partial charge in [0, 0.05) is 29.6 Å². The van der Waals surface area contributed by atoms with Crippen molar-refractivity contribution in [2.24, 2.45) is 4.99 Å². The van der Waals surface area contributed by atoms with E-state index in [4.69, 9.17) is 4.74 Å². The maximum atomic E-state index is 12.7. The number of urea groups is 1. The van der Waals surface area contributed by atoms with Crippen LogP contribution >= 0.6 is 11.8 Å². The number of hydrogen-bond donors (Lipinski definition) is 1. The Labute approximate surface area is 250 Å². The topological polar surface area (TPSA) is 93.9 Å². The van der Waals surface area contributed by atoms with Gasteiger partial charge in [-0.3, -0.25) is 0 Å². The lowest BCUT2D eigenvalue weighted by molar-refractivity contribution is -0.274. The van der Waals surface area contributed by atoms with Gasteiger partial charge in [0.25, 0.3) is 0 Å². The summed E-state index contributed by atoms with van der Waals surface area (Å²) in [4.78, 5) is 23.4. The molecule has 1 N–H and O–H groups in total. The molecule has 0 radical (unpaired) electrons. The number of aliphatic imine (C=N–C) groups is 1. The second-order valence-electron chi connectivity index (χ2n) is 9.81. The fraction of sp³-hybridized carbons (Fsp3) is 0.267. The molecule has 2 heterocycles. The number of methoxy groups -OCH3 is 1. The Morgan fingerprint density at radius 2 is 1.81 bits per heavy atom. The molecule has 1 atom stereocenters. The van der Waals surface area contributed by atoms with Crippen LogP contribution in [-0.4, -0.2) is 57.8 Å². The molecule has 13 heteroatoms. The van der Waals surface area contributed by atoms with Crippen LogP contribution in [0.3, 0.4) is 0 Å². The van der Waals surface area contributed by atoms with Crippen LogP contribution in [0.4, 0.5) is 23.7 Å². The molecule has 0 aliphatic carbocycles. The largest absolute Gasteiger partial charge is 0.573 e. The zero-order chi connectivity index (χ0) is 30.6. The number of halogens is 3. The molecule has 0 spiro atoms. The Hall–Kier alpha value is -4.52. The molecule has 224 valence electrons. The molecular formula is C30H29F3N6O3S. The Kier molecular flexibility index (Phi) is 8.90. The Balaban J connectivity index is 1.15. The van der Waals surface area contributed by atoms with E-state index in [0.29, 0.717) is 29.6 Å². The zero-order valence-corrected chi connectivity index (χ0v) is 24.4. The number of benzene rings is 3. The number of thioether (sulfide) groups is 1. The summed E-state index contributed by atoms with van der Waals surface area (Å²) in [5.41, 5.74) is 4.36. The molecule has 3 aromatic carbocycles. The van der Waals surface area contributed by atoms with Crippen molar-refractivity contribution in [3.63, 3.8) is 0 Å². The Bertz CT molecular complexity index is 1610. The minimum absolute atomic E-state index is 0.196. The van der Waals surface area contributed by atoms with Crippen molar-refractivity contribution < 1.29 is 27.4 Å². The van der Waals surface area contributed by atoms with Crippen LogP contribution < -0.4 is 19.7 Å². The smallest absolute Gasteiger partial charge is 0.497 e. The quantitative estimate of drug-likeness (QED) is 0.247. The van der Waals surface area contributed by atoms with Gasteiger partial charge in [-0.15, -0.1) is 18.3 Å². The van der Waals surface area contributed by atoms with E-state index in [1.54, 1.807) is 18.9 Å². The molecule has 5 rings (SSSR count). The molecule has 1 aliphatic heterocycles. The SMILES string of the molecule is COc1ccc(N2C(=NC(=O)NCCc3ccc(-c4ncn(-c5ccc(OC(F)(F)F)cc5)n4)cc3)SCC2C)c(C)c1. The van der Waals surface area contributed by atoms with Crippen molar-refractivity contribution in [3.8, 4) is 28.6 Å². The third-order valence-electron chi connectivity index (χ3n) is 6.69. The van der Waals surface area contributed by atoms with E-state index >= 15 is 0 Å². The van der Waals surface area contributed by atoms with Gasteiger partial charge in [-0.25, -0.2) is 14.5 Å². The standard InChI is InChI=1S/C30H29F3N6O3S/c1-19-16-25(41-3)12-13-26(19)39-20(2)17-43-29(39)36-28(40)34-15-14-21-4-6-22(7-5-21)27-35-18-38(37-27)23-8-10-24(11-9-23)42-30(31,32)33/h4-13,16,18,20H,14-15,17H2,1-3H3,(H,34,40). The van der Waals surface area contributed by atoms with Crippen LogP contribution in [0.2, 0.25) is 0 Å². The third kappa shape index (κ3) is 7.47. The first kappa shape index (κ1) is 30.0. The number of ether oxygens (including phenoxy) is 2. The van der Waals surface area contributed by atoms with Crippen LogP contribution in [0.1, 0.15) is 18.1 Å². The molecule has 9 nitrogen and oxygen atoms in total.